The number of anilines is 2. The number of carbonyl (C=O) groups is 2. The van der Waals surface area contributed by atoms with Crippen molar-refractivity contribution in [3.05, 3.63) is 48.0 Å². The molecule has 7 nitrogen and oxygen atoms in total. The fraction of sp³-hybridized carbons (Fsp3) is 0.263. The van der Waals surface area contributed by atoms with E-state index in [2.05, 4.69) is 16.0 Å². The summed E-state index contributed by atoms with van der Waals surface area (Å²) in [6, 6.07) is 11.8. The maximum atomic E-state index is 12.1. The Morgan fingerprint density at radius 3 is 2.12 bits per heavy atom. The summed E-state index contributed by atoms with van der Waals surface area (Å²) in [6.07, 6.45) is 2.09. The predicted molar refractivity (Wildman–Crippen MR) is 99.1 cm³/mol. The van der Waals surface area contributed by atoms with Crippen LogP contribution in [0.5, 0.6) is 11.5 Å². The molecule has 1 aliphatic rings. The van der Waals surface area contributed by atoms with Crippen molar-refractivity contribution in [3.63, 3.8) is 0 Å². The fourth-order valence-electron chi connectivity index (χ4n) is 2.41. The van der Waals surface area contributed by atoms with Gasteiger partial charge in [0.25, 0.3) is 5.91 Å². The first-order valence-corrected chi connectivity index (χ1v) is 8.30. The first kappa shape index (κ1) is 17.6. The van der Waals surface area contributed by atoms with Gasteiger partial charge in [0.1, 0.15) is 0 Å². The van der Waals surface area contributed by atoms with Gasteiger partial charge in [-0.2, -0.15) is 0 Å². The van der Waals surface area contributed by atoms with Gasteiger partial charge in [-0.25, -0.2) is 4.79 Å². The SMILES string of the molecule is COc1ccc(NC(=O)Nc2ccc(C(=O)NC3CC3)cc2)cc1OC. The highest BCUT2D eigenvalue weighted by Crippen LogP contribution is 2.29. The molecule has 1 fully saturated rings. The number of benzene rings is 2. The molecule has 7 heteroatoms. The second-order valence-corrected chi connectivity index (χ2v) is 5.97. The molecular formula is C19H21N3O4. The van der Waals surface area contributed by atoms with Crippen LogP contribution in [0.15, 0.2) is 42.5 Å². The van der Waals surface area contributed by atoms with E-state index in [1.165, 1.54) is 7.11 Å². The first-order chi connectivity index (χ1) is 12.6. The van der Waals surface area contributed by atoms with Gasteiger partial charge in [0.15, 0.2) is 11.5 Å². The molecule has 0 aromatic heterocycles. The highest BCUT2D eigenvalue weighted by atomic mass is 16.5. The van der Waals surface area contributed by atoms with E-state index >= 15 is 0 Å². The topological polar surface area (TPSA) is 88.7 Å². The average Bonchev–Trinajstić information content (AvgIpc) is 3.46. The van der Waals surface area contributed by atoms with Gasteiger partial charge in [-0.3, -0.25) is 4.79 Å². The normalized spacial score (nSPS) is 12.8. The average molecular weight is 355 g/mol. The number of methoxy groups -OCH3 is 2. The van der Waals surface area contributed by atoms with Crippen LogP contribution in [0.25, 0.3) is 0 Å². The Bertz CT molecular complexity index is 801. The fourth-order valence-corrected chi connectivity index (χ4v) is 2.41. The van der Waals surface area contributed by atoms with Crippen LogP contribution in [0.4, 0.5) is 16.2 Å². The summed E-state index contributed by atoms with van der Waals surface area (Å²) in [4.78, 5) is 24.1. The Kier molecular flexibility index (Phi) is 5.26. The summed E-state index contributed by atoms with van der Waals surface area (Å²) in [5, 5.41) is 8.37. The largest absolute Gasteiger partial charge is 0.493 e. The van der Waals surface area contributed by atoms with Crippen LogP contribution in [0, 0.1) is 0 Å². The van der Waals surface area contributed by atoms with E-state index in [0.717, 1.165) is 12.8 Å². The monoisotopic (exact) mass is 355 g/mol. The smallest absolute Gasteiger partial charge is 0.323 e. The van der Waals surface area contributed by atoms with Crippen LogP contribution < -0.4 is 25.4 Å². The van der Waals surface area contributed by atoms with E-state index in [0.29, 0.717) is 34.5 Å². The van der Waals surface area contributed by atoms with Crippen LogP contribution in [-0.4, -0.2) is 32.2 Å². The zero-order valence-electron chi connectivity index (χ0n) is 14.7. The number of rotatable bonds is 6. The molecule has 3 amide bonds. The second kappa shape index (κ2) is 7.77. The van der Waals surface area contributed by atoms with Crippen molar-refractivity contribution in [2.45, 2.75) is 18.9 Å². The van der Waals surface area contributed by atoms with Crippen LogP contribution in [0.1, 0.15) is 23.2 Å². The van der Waals surface area contributed by atoms with E-state index in [-0.39, 0.29) is 5.91 Å². The lowest BCUT2D eigenvalue weighted by Crippen LogP contribution is -2.25. The van der Waals surface area contributed by atoms with Gasteiger partial charge >= 0.3 is 6.03 Å². The van der Waals surface area contributed by atoms with Gasteiger partial charge in [-0.15, -0.1) is 0 Å². The molecule has 136 valence electrons. The summed E-state index contributed by atoms with van der Waals surface area (Å²) < 4.78 is 10.4. The summed E-state index contributed by atoms with van der Waals surface area (Å²) >= 11 is 0. The number of ether oxygens (including phenoxy) is 2. The number of urea groups is 1. The van der Waals surface area contributed by atoms with E-state index in [9.17, 15) is 9.59 Å². The zero-order chi connectivity index (χ0) is 18.5. The third-order valence-electron chi connectivity index (χ3n) is 3.96. The van der Waals surface area contributed by atoms with Crippen molar-refractivity contribution in [1.29, 1.82) is 0 Å². The third-order valence-corrected chi connectivity index (χ3v) is 3.96. The van der Waals surface area contributed by atoms with Gasteiger partial charge in [0.2, 0.25) is 0 Å². The Labute approximate surface area is 151 Å². The molecule has 0 aliphatic heterocycles. The van der Waals surface area contributed by atoms with Crippen molar-refractivity contribution >= 4 is 23.3 Å². The van der Waals surface area contributed by atoms with E-state index in [4.69, 9.17) is 9.47 Å². The third kappa shape index (κ3) is 4.44. The molecule has 0 radical (unpaired) electrons. The number of carbonyl (C=O) groups excluding carboxylic acids is 2. The number of nitrogens with one attached hydrogen (secondary N) is 3. The van der Waals surface area contributed by atoms with Crippen molar-refractivity contribution in [2.24, 2.45) is 0 Å². The lowest BCUT2D eigenvalue weighted by atomic mass is 10.2. The van der Waals surface area contributed by atoms with Crippen LogP contribution in [-0.2, 0) is 0 Å². The minimum Gasteiger partial charge on any atom is -0.493 e. The number of hydrogen-bond acceptors (Lipinski definition) is 4. The molecule has 2 aromatic carbocycles. The van der Waals surface area contributed by atoms with Crippen LogP contribution >= 0.6 is 0 Å². The molecule has 0 bridgehead atoms. The molecule has 0 heterocycles. The molecule has 0 unspecified atom stereocenters. The quantitative estimate of drug-likeness (QED) is 0.742. The van der Waals surface area contributed by atoms with Crippen LogP contribution in [0.3, 0.4) is 0 Å². The Morgan fingerprint density at radius 1 is 0.885 bits per heavy atom. The Balaban J connectivity index is 1.58. The molecule has 3 rings (SSSR count). The van der Waals surface area contributed by atoms with Crippen LogP contribution in [0.2, 0.25) is 0 Å². The van der Waals surface area contributed by atoms with Crippen molar-refractivity contribution in [2.75, 3.05) is 24.9 Å². The molecule has 2 aromatic rings. The molecule has 1 aliphatic carbocycles. The van der Waals surface area contributed by atoms with Crippen molar-refractivity contribution in [3.8, 4) is 11.5 Å². The standard InChI is InChI=1S/C19H21N3O4/c1-25-16-10-9-15(11-17(16)26-2)22-19(24)21-14-5-3-12(4-6-14)18(23)20-13-7-8-13/h3-6,9-11,13H,7-8H2,1-2H3,(H,20,23)(H2,21,22,24). The summed E-state index contributed by atoms with van der Waals surface area (Å²) in [6.45, 7) is 0. The summed E-state index contributed by atoms with van der Waals surface area (Å²) in [5.74, 6) is 1.02. The zero-order valence-corrected chi connectivity index (χ0v) is 14.7. The van der Waals surface area contributed by atoms with Gasteiger partial charge in [-0.1, -0.05) is 0 Å². The van der Waals surface area contributed by atoms with Gasteiger partial charge in [-0.05, 0) is 49.2 Å². The molecule has 26 heavy (non-hydrogen) atoms. The molecule has 0 spiro atoms. The lowest BCUT2D eigenvalue weighted by molar-refractivity contribution is 0.0951. The highest BCUT2D eigenvalue weighted by Gasteiger charge is 2.23. The summed E-state index contributed by atoms with van der Waals surface area (Å²) in [5.41, 5.74) is 1.73. The molecule has 0 saturated heterocycles. The second-order valence-electron chi connectivity index (χ2n) is 5.97. The number of amides is 3. The lowest BCUT2D eigenvalue weighted by Gasteiger charge is -2.11. The predicted octanol–water partition coefficient (Wildman–Crippen LogP) is 3.24. The minimum absolute atomic E-state index is 0.0890. The van der Waals surface area contributed by atoms with Gasteiger partial charge in [0.05, 0.1) is 14.2 Å². The minimum atomic E-state index is -0.396. The maximum Gasteiger partial charge on any atom is 0.323 e. The van der Waals surface area contributed by atoms with E-state index < -0.39 is 6.03 Å². The molecule has 1 saturated carbocycles. The van der Waals surface area contributed by atoms with Gasteiger partial charge < -0.3 is 25.4 Å². The Morgan fingerprint density at radius 2 is 1.50 bits per heavy atom. The van der Waals surface area contributed by atoms with Crippen molar-refractivity contribution < 1.29 is 19.1 Å². The van der Waals surface area contributed by atoms with E-state index in [1.54, 1.807) is 49.6 Å². The number of hydrogen-bond donors (Lipinski definition) is 3. The maximum absolute atomic E-state index is 12.1. The molecule has 0 atom stereocenters. The van der Waals surface area contributed by atoms with Gasteiger partial charge in [0, 0.05) is 29.0 Å². The first-order valence-electron chi connectivity index (χ1n) is 8.30. The molecule has 3 N–H and O–H groups in total. The molecular weight excluding hydrogens is 334 g/mol. The van der Waals surface area contributed by atoms with E-state index in [1.807, 2.05) is 0 Å². The Hall–Kier alpha value is -3.22. The summed E-state index contributed by atoms with van der Waals surface area (Å²) in [7, 11) is 3.08. The highest BCUT2D eigenvalue weighted by molar-refractivity contribution is 6.00. The van der Waals surface area contributed by atoms with Crippen molar-refractivity contribution in [1.82, 2.24) is 5.32 Å².